The fraction of sp³-hybridized carbons (Fsp3) is 0.321. The molecular formula is C53H59N. The fourth-order valence-electron chi connectivity index (χ4n) is 8.11. The Balaban J connectivity index is 1.42. The minimum Gasteiger partial charge on any atom is -0.310 e. The van der Waals surface area contributed by atoms with Crippen LogP contribution in [-0.4, -0.2) is 0 Å². The first kappa shape index (κ1) is 37.4. The van der Waals surface area contributed by atoms with Gasteiger partial charge < -0.3 is 4.90 Å². The Morgan fingerprint density at radius 3 is 1.24 bits per heavy atom. The molecule has 0 aromatic heterocycles. The third-order valence-corrected chi connectivity index (χ3v) is 12.4. The summed E-state index contributed by atoms with van der Waals surface area (Å²) in [6.45, 7) is 23.4. The van der Waals surface area contributed by atoms with E-state index in [1.54, 1.807) is 0 Å². The number of anilines is 3. The van der Waals surface area contributed by atoms with Crippen LogP contribution in [0.15, 0.2) is 140 Å². The van der Waals surface area contributed by atoms with E-state index in [-0.39, 0.29) is 21.7 Å². The highest BCUT2D eigenvalue weighted by Gasteiger charge is 2.33. The standard InChI is InChI=1S/C53H59N/c1-11-53(10)35-34-52(8,9)45-27-16-38(17-28-45)40-20-31-47(32-21-40)54(46-29-18-39(19-30-46)37-12-23-43(24-13-37)50(2,3)4)49-36-42(22-33-48(49)53)41-14-25-44(26-15-41)51(5,6)7/h12-33,36H,11,34-35H2,1-10H3. The molecule has 6 aromatic rings. The van der Waals surface area contributed by atoms with Gasteiger partial charge in [0.15, 0.2) is 0 Å². The predicted molar refractivity (Wildman–Crippen MR) is 235 cm³/mol. The molecule has 0 N–H and O–H groups in total. The molecule has 0 aliphatic carbocycles. The van der Waals surface area contributed by atoms with Gasteiger partial charge in [-0.25, -0.2) is 0 Å². The molecule has 0 saturated carbocycles. The molecule has 0 saturated heterocycles. The van der Waals surface area contributed by atoms with Crippen molar-refractivity contribution in [3.8, 4) is 33.4 Å². The minimum absolute atomic E-state index is 0.0473. The van der Waals surface area contributed by atoms with E-state index < -0.39 is 0 Å². The highest BCUT2D eigenvalue weighted by Crippen LogP contribution is 2.48. The van der Waals surface area contributed by atoms with Gasteiger partial charge in [-0.1, -0.05) is 178 Å². The van der Waals surface area contributed by atoms with Crippen LogP contribution >= 0.6 is 0 Å². The Hall–Kier alpha value is -4.88. The summed E-state index contributed by atoms with van der Waals surface area (Å²) in [7, 11) is 0. The van der Waals surface area contributed by atoms with Crippen molar-refractivity contribution in [2.24, 2.45) is 0 Å². The van der Waals surface area contributed by atoms with Crippen LogP contribution in [0, 0.1) is 0 Å². The van der Waals surface area contributed by atoms with Crippen molar-refractivity contribution in [1.82, 2.24) is 0 Å². The maximum Gasteiger partial charge on any atom is 0.0505 e. The second kappa shape index (κ2) is 14.1. The highest BCUT2D eigenvalue weighted by atomic mass is 15.1. The molecule has 0 fully saturated rings. The molecule has 0 amide bonds. The van der Waals surface area contributed by atoms with E-state index in [9.17, 15) is 0 Å². The van der Waals surface area contributed by atoms with Gasteiger partial charge in [-0.2, -0.15) is 0 Å². The van der Waals surface area contributed by atoms with Crippen LogP contribution in [-0.2, 0) is 21.7 Å². The molecular weight excluding hydrogens is 651 g/mol. The molecule has 276 valence electrons. The molecule has 3 aliphatic rings. The summed E-state index contributed by atoms with van der Waals surface area (Å²) in [6, 6.07) is 53.3. The molecule has 1 atom stereocenters. The van der Waals surface area contributed by atoms with E-state index in [0.29, 0.717) is 0 Å². The molecule has 0 spiro atoms. The quantitative estimate of drug-likeness (QED) is 0.176. The van der Waals surface area contributed by atoms with Crippen molar-refractivity contribution in [2.75, 3.05) is 4.90 Å². The molecule has 1 heteroatoms. The zero-order valence-corrected chi connectivity index (χ0v) is 34.3. The molecule has 54 heavy (non-hydrogen) atoms. The lowest BCUT2D eigenvalue weighted by Crippen LogP contribution is -2.28. The predicted octanol–water partition coefficient (Wildman–Crippen LogP) is 15.5. The SMILES string of the molecule is CCC1(C)CCC(C)(C)c2ccc(cc2)-c2ccc(cc2)N(c2ccc(-c3ccc(C(C)(C)C)cc3)cc2)c2cc(-c3ccc(C(C)(C)C)cc3)ccc21. The number of fused-ring (bicyclic) bond motifs is 2. The first-order valence-electron chi connectivity index (χ1n) is 20.0. The summed E-state index contributed by atoms with van der Waals surface area (Å²) in [6.07, 6.45) is 3.23. The molecule has 4 bridgehead atoms. The average molecular weight is 710 g/mol. The minimum atomic E-state index is -0.0473. The normalized spacial score (nSPS) is 17.2. The van der Waals surface area contributed by atoms with E-state index in [0.717, 1.165) is 30.6 Å². The van der Waals surface area contributed by atoms with Gasteiger partial charge in [0.25, 0.3) is 0 Å². The van der Waals surface area contributed by atoms with Gasteiger partial charge in [-0.3, -0.25) is 0 Å². The van der Waals surface area contributed by atoms with Crippen molar-refractivity contribution in [2.45, 2.75) is 110 Å². The number of rotatable bonds is 4. The monoisotopic (exact) mass is 709 g/mol. The zero-order chi connectivity index (χ0) is 38.5. The van der Waals surface area contributed by atoms with Crippen LogP contribution in [0.4, 0.5) is 17.1 Å². The lowest BCUT2D eigenvalue weighted by molar-refractivity contribution is 0.345. The van der Waals surface area contributed by atoms with Crippen molar-refractivity contribution in [3.05, 3.63) is 162 Å². The van der Waals surface area contributed by atoms with Gasteiger partial charge in [-0.15, -0.1) is 0 Å². The van der Waals surface area contributed by atoms with E-state index in [1.165, 1.54) is 61.3 Å². The first-order chi connectivity index (χ1) is 25.6. The Labute approximate surface area is 326 Å². The number of hydrogen-bond donors (Lipinski definition) is 0. The maximum absolute atomic E-state index is 2.51. The van der Waals surface area contributed by atoms with Crippen LogP contribution in [0.3, 0.4) is 0 Å². The third-order valence-electron chi connectivity index (χ3n) is 12.4. The highest BCUT2D eigenvalue weighted by molar-refractivity contribution is 5.84. The largest absolute Gasteiger partial charge is 0.310 e. The van der Waals surface area contributed by atoms with Gasteiger partial charge in [0.2, 0.25) is 0 Å². The smallest absolute Gasteiger partial charge is 0.0505 e. The van der Waals surface area contributed by atoms with Crippen molar-refractivity contribution >= 4 is 17.1 Å². The van der Waals surface area contributed by atoms with Crippen LogP contribution in [0.2, 0.25) is 0 Å². The first-order valence-corrected chi connectivity index (χ1v) is 20.0. The molecule has 1 unspecified atom stereocenters. The second-order valence-electron chi connectivity index (χ2n) is 18.7. The molecule has 6 aromatic carbocycles. The Morgan fingerprint density at radius 1 is 0.463 bits per heavy atom. The Morgan fingerprint density at radius 2 is 0.833 bits per heavy atom. The maximum atomic E-state index is 2.51. The number of hydrogen-bond acceptors (Lipinski definition) is 1. The van der Waals surface area contributed by atoms with Crippen LogP contribution in [0.5, 0.6) is 0 Å². The van der Waals surface area contributed by atoms with E-state index in [4.69, 9.17) is 0 Å². The van der Waals surface area contributed by atoms with Crippen molar-refractivity contribution in [3.63, 3.8) is 0 Å². The van der Waals surface area contributed by atoms with Crippen LogP contribution in [0.1, 0.15) is 111 Å². The Kier molecular flexibility index (Phi) is 9.76. The third kappa shape index (κ3) is 7.43. The summed E-state index contributed by atoms with van der Waals surface area (Å²) < 4.78 is 0. The topological polar surface area (TPSA) is 3.24 Å². The van der Waals surface area contributed by atoms with Gasteiger partial charge in [0.1, 0.15) is 0 Å². The summed E-state index contributed by atoms with van der Waals surface area (Å²) >= 11 is 0. The summed E-state index contributed by atoms with van der Waals surface area (Å²) in [5.41, 5.74) is 16.7. The van der Waals surface area contributed by atoms with Crippen molar-refractivity contribution < 1.29 is 0 Å². The van der Waals surface area contributed by atoms with Crippen LogP contribution < -0.4 is 4.90 Å². The molecule has 0 radical (unpaired) electrons. The molecule has 9 rings (SSSR count). The number of benzene rings is 6. The van der Waals surface area contributed by atoms with E-state index in [2.05, 4.69) is 214 Å². The average Bonchev–Trinajstić information content (AvgIpc) is 3.17. The molecule has 3 aliphatic heterocycles. The molecule has 3 heterocycles. The number of nitrogens with zero attached hydrogens (tertiary/aromatic N) is 1. The van der Waals surface area contributed by atoms with E-state index >= 15 is 0 Å². The van der Waals surface area contributed by atoms with Crippen LogP contribution in [0.25, 0.3) is 33.4 Å². The zero-order valence-electron chi connectivity index (χ0n) is 34.3. The van der Waals surface area contributed by atoms with Gasteiger partial charge in [-0.05, 0) is 127 Å². The van der Waals surface area contributed by atoms with E-state index in [1.807, 2.05) is 0 Å². The Bertz CT molecular complexity index is 2200. The molecule has 1 nitrogen and oxygen atoms in total. The van der Waals surface area contributed by atoms with Crippen molar-refractivity contribution in [1.29, 1.82) is 0 Å². The van der Waals surface area contributed by atoms with Gasteiger partial charge in [0, 0.05) is 11.4 Å². The lowest BCUT2D eigenvalue weighted by Gasteiger charge is -2.38. The summed E-state index contributed by atoms with van der Waals surface area (Å²) in [5.74, 6) is 0. The fourth-order valence-corrected chi connectivity index (χ4v) is 8.11. The second-order valence-corrected chi connectivity index (χ2v) is 18.7. The van der Waals surface area contributed by atoms with Gasteiger partial charge >= 0.3 is 0 Å². The summed E-state index contributed by atoms with van der Waals surface area (Å²) in [4.78, 5) is 2.51. The van der Waals surface area contributed by atoms with Gasteiger partial charge in [0.05, 0.1) is 5.69 Å². The lowest BCUT2D eigenvalue weighted by atomic mass is 9.70. The summed E-state index contributed by atoms with van der Waals surface area (Å²) in [5, 5.41) is 0.